The van der Waals surface area contributed by atoms with Gasteiger partial charge in [0.05, 0.1) is 11.2 Å². The van der Waals surface area contributed by atoms with Crippen molar-refractivity contribution in [3.63, 3.8) is 0 Å². The molecule has 2 aromatic heterocycles. The number of halogens is 2. The monoisotopic (exact) mass is 364 g/mol. The lowest BCUT2D eigenvalue weighted by atomic mass is 10.1. The molecule has 4 aromatic rings. The van der Waals surface area contributed by atoms with Crippen molar-refractivity contribution in [1.29, 1.82) is 0 Å². The second-order valence-electron chi connectivity index (χ2n) is 6.49. The quantitative estimate of drug-likeness (QED) is 0.425. The number of nitrogens with zero attached hydrogens (tertiary/aromatic N) is 2. The first-order valence-electron chi connectivity index (χ1n) is 8.49. The molecule has 2 nitrogen and oxygen atoms in total. The number of rotatable bonds is 3. The minimum absolute atomic E-state index is 0.220. The van der Waals surface area contributed by atoms with Gasteiger partial charge in [-0.15, -0.1) is 0 Å². The fourth-order valence-corrected chi connectivity index (χ4v) is 3.51. The van der Waals surface area contributed by atoms with Crippen molar-refractivity contribution in [3.05, 3.63) is 88.5 Å². The van der Waals surface area contributed by atoms with Crippen LogP contribution >= 0.6 is 11.6 Å². The minimum atomic E-state index is -0.220. The molecule has 0 amide bonds. The van der Waals surface area contributed by atoms with Crippen molar-refractivity contribution >= 4 is 22.5 Å². The Morgan fingerprint density at radius 1 is 0.962 bits per heavy atom. The van der Waals surface area contributed by atoms with E-state index < -0.39 is 0 Å². The van der Waals surface area contributed by atoms with Gasteiger partial charge >= 0.3 is 0 Å². The van der Waals surface area contributed by atoms with Gasteiger partial charge in [0.2, 0.25) is 0 Å². The maximum absolute atomic E-state index is 13.3. The number of benzene rings is 2. The average molecular weight is 365 g/mol. The van der Waals surface area contributed by atoms with Gasteiger partial charge in [0, 0.05) is 34.4 Å². The summed E-state index contributed by atoms with van der Waals surface area (Å²) in [6, 6.07) is 16.5. The molecule has 0 aliphatic rings. The van der Waals surface area contributed by atoms with E-state index in [1.54, 1.807) is 0 Å². The summed E-state index contributed by atoms with van der Waals surface area (Å²) < 4.78 is 15.5. The Morgan fingerprint density at radius 3 is 2.35 bits per heavy atom. The fraction of sp³-hybridized carbons (Fsp3) is 0.136. The van der Waals surface area contributed by atoms with E-state index in [2.05, 4.69) is 29.5 Å². The minimum Gasteiger partial charge on any atom is -0.338 e. The molecule has 0 aliphatic carbocycles. The van der Waals surface area contributed by atoms with E-state index in [9.17, 15) is 4.39 Å². The van der Waals surface area contributed by atoms with Crippen LogP contribution in [-0.4, -0.2) is 9.55 Å². The molecule has 0 N–H and O–H groups in total. The van der Waals surface area contributed by atoms with Crippen LogP contribution in [0.2, 0.25) is 5.02 Å². The maximum atomic E-state index is 13.3. The van der Waals surface area contributed by atoms with Crippen LogP contribution in [-0.2, 0) is 6.54 Å². The van der Waals surface area contributed by atoms with Gasteiger partial charge in [-0.2, -0.15) is 0 Å². The summed E-state index contributed by atoms with van der Waals surface area (Å²) in [7, 11) is 0. The Labute approximate surface area is 156 Å². The van der Waals surface area contributed by atoms with Crippen LogP contribution in [0.15, 0.2) is 60.8 Å². The van der Waals surface area contributed by atoms with Crippen molar-refractivity contribution in [2.75, 3.05) is 0 Å². The highest BCUT2D eigenvalue weighted by atomic mass is 35.5. The summed E-state index contributed by atoms with van der Waals surface area (Å²) >= 11 is 6.04. The number of hydrogen-bond donors (Lipinski definition) is 0. The number of fused-ring (bicyclic) bond motifs is 1. The highest BCUT2D eigenvalue weighted by Crippen LogP contribution is 2.33. The molecular weight excluding hydrogens is 347 g/mol. The lowest BCUT2D eigenvalue weighted by Gasteiger charge is -2.12. The molecule has 0 atom stereocenters. The normalized spacial score (nSPS) is 11.2. The first-order chi connectivity index (χ1) is 12.5. The third-order valence-electron chi connectivity index (χ3n) is 4.92. The highest BCUT2D eigenvalue weighted by molar-refractivity contribution is 6.30. The van der Waals surface area contributed by atoms with Crippen LogP contribution in [0.5, 0.6) is 0 Å². The van der Waals surface area contributed by atoms with Gasteiger partial charge in [-0.1, -0.05) is 35.9 Å². The Kier molecular flexibility index (Phi) is 4.25. The van der Waals surface area contributed by atoms with Crippen molar-refractivity contribution < 1.29 is 4.39 Å². The molecule has 0 saturated carbocycles. The number of pyridine rings is 1. The van der Waals surface area contributed by atoms with Crippen LogP contribution in [0.3, 0.4) is 0 Å². The molecular formula is C22H18ClFN2. The lowest BCUT2D eigenvalue weighted by Crippen LogP contribution is -2.03. The highest BCUT2D eigenvalue weighted by Gasteiger charge is 2.16. The van der Waals surface area contributed by atoms with Crippen LogP contribution in [0.1, 0.15) is 16.8 Å². The fourth-order valence-electron chi connectivity index (χ4n) is 3.38. The Bertz CT molecular complexity index is 1080. The average Bonchev–Trinajstić information content (AvgIpc) is 2.89. The SMILES string of the molecule is Cc1c(C)n(Cc2ccc(F)cc2)c2c(-c3ccc(Cl)cc3)nccc12. The molecule has 0 spiro atoms. The zero-order valence-electron chi connectivity index (χ0n) is 14.6. The van der Waals surface area contributed by atoms with E-state index in [0.717, 1.165) is 22.3 Å². The van der Waals surface area contributed by atoms with Gasteiger partial charge in [0.25, 0.3) is 0 Å². The summed E-state index contributed by atoms with van der Waals surface area (Å²) in [5, 5.41) is 1.89. The van der Waals surface area contributed by atoms with Crippen LogP contribution in [0, 0.1) is 19.7 Å². The maximum Gasteiger partial charge on any atom is 0.123 e. The van der Waals surface area contributed by atoms with Crippen LogP contribution in [0.25, 0.3) is 22.2 Å². The smallest absolute Gasteiger partial charge is 0.123 e. The molecule has 0 aliphatic heterocycles. The first kappa shape index (κ1) is 16.8. The van der Waals surface area contributed by atoms with Gasteiger partial charge in [-0.05, 0) is 55.3 Å². The van der Waals surface area contributed by atoms with Crippen molar-refractivity contribution in [1.82, 2.24) is 9.55 Å². The third kappa shape index (κ3) is 2.89. The van der Waals surface area contributed by atoms with Crippen molar-refractivity contribution in [2.45, 2.75) is 20.4 Å². The predicted molar refractivity (Wildman–Crippen MR) is 105 cm³/mol. The molecule has 0 saturated heterocycles. The molecule has 130 valence electrons. The lowest BCUT2D eigenvalue weighted by molar-refractivity contribution is 0.626. The van der Waals surface area contributed by atoms with Gasteiger partial charge in [-0.3, -0.25) is 4.98 Å². The van der Waals surface area contributed by atoms with Crippen molar-refractivity contribution in [3.8, 4) is 11.3 Å². The third-order valence-corrected chi connectivity index (χ3v) is 5.17. The predicted octanol–water partition coefficient (Wildman–Crippen LogP) is 6.16. The molecule has 2 heterocycles. The van der Waals surface area contributed by atoms with E-state index in [1.165, 1.54) is 28.8 Å². The van der Waals surface area contributed by atoms with Crippen LogP contribution in [0.4, 0.5) is 4.39 Å². The largest absolute Gasteiger partial charge is 0.338 e. The molecule has 0 bridgehead atoms. The van der Waals surface area contributed by atoms with Crippen molar-refractivity contribution in [2.24, 2.45) is 0 Å². The molecule has 2 aromatic carbocycles. The number of aromatic nitrogens is 2. The molecule has 0 radical (unpaired) electrons. The number of hydrogen-bond acceptors (Lipinski definition) is 1. The second kappa shape index (κ2) is 6.58. The standard InChI is InChI=1S/C22H18ClFN2/c1-14-15(2)26(13-16-3-9-19(24)10-4-16)22-20(14)11-12-25-21(22)17-5-7-18(23)8-6-17/h3-12H,13H2,1-2H3. The topological polar surface area (TPSA) is 17.8 Å². The van der Waals surface area contributed by atoms with E-state index in [-0.39, 0.29) is 5.82 Å². The Balaban J connectivity index is 1.93. The van der Waals surface area contributed by atoms with Gasteiger partial charge in [-0.25, -0.2) is 4.39 Å². The van der Waals surface area contributed by atoms with Gasteiger partial charge < -0.3 is 4.57 Å². The summed E-state index contributed by atoms with van der Waals surface area (Å²) in [6.45, 7) is 4.91. The number of aryl methyl sites for hydroxylation is 1. The zero-order chi connectivity index (χ0) is 18.3. The van der Waals surface area contributed by atoms with Gasteiger partial charge in [0.15, 0.2) is 0 Å². The molecule has 0 fully saturated rings. The molecule has 4 rings (SSSR count). The Hall–Kier alpha value is -2.65. The molecule has 26 heavy (non-hydrogen) atoms. The molecule has 4 heteroatoms. The first-order valence-corrected chi connectivity index (χ1v) is 8.87. The van der Waals surface area contributed by atoms with Crippen LogP contribution < -0.4 is 0 Å². The van der Waals surface area contributed by atoms with E-state index >= 15 is 0 Å². The summed E-state index contributed by atoms with van der Waals surface area (Å²) in [5.41, 5.74) is 6.52. The summed E-state index contributed by atoms with van der Waals surface area (Å²) in [5.74, 6) is -0.220. The zero-order valence-corrected chi connectivity index (χ0v) is 15.4. The van der Waals surface area contributed by atoms with E-state index in [4.69, 9.17) is 11.6 Å². The summed E-state index contributed by atoms with van der Waals surface area (Å²) in [6.07, 6.45) is 1.85. The van der Waals surface area contributed by atoms with E-state index in [1.807, 2.05) is 42.6 Å². The second-order valence-corrected chi connectivity index (χ2v) is 6.92. The van der Waals surface area contributed by atoms with Gasteiger partial charge in [0.1, 0.15) is 5.82 Å². The Morgan fingerprint density at radius 2 is 1.65 bits per heavy atom. The molecule has 0 unspecified atom stereocenters. The van der Waals surface area contributed by atoms with E-state index in [0.29, 0.717) is 11.6 Å². The summed E-state index contributed by atoms with van der Waals surface area (Å²) in [4.78, 5) is 4.65.